The van der Waals surface area contributed by atoms with E-state index >= 15 is 0 Å². The minimum absolute atomic E-state index is 0. The summed E-state index contributed by atoms with van der Waals surface area (Å²) in [7, 11) is 11.3. The number of hydrogen-bond donors (Lipinski definition) is 0. The van der Waals surface area contributed by atoms with Gasteiger partial charge in [-0.05, 0) is 63.8 Å². The molecule has 10 heteroatoms. The molecule has 0 saturated carbocycles. The number of sulfonamides is 1. The fourth-order valence-corrected chi connectivity index (χ4v) is 8.23. The van der Waals surface area contributed by atoms with Gasteiger partial charge in [-0.25, -0.2) is 0 Å². The van der Waals surface area contributed by atoms with Crippen LogP contribution in [0.5, 0.6) is 5.75 Å². The number of ether oxygens (including phenoxy) is 1. The van der Waals surface area contributed by atoms with Gasteiger partial charge in [0.1, 0.15) is 0 Å². The summed E-state index contributed by atoms with van der Waals surface area (Å²) in [5.41, 5.74) is 11.5. The van der Waals surface area contributed by atoms with E-state index in [9.17, 15) is 8.42 Å². The molecule has 3 aromatic rings. The maximum Gasteiger partial charge on any atom is 0.0146 e. The zero-order valence-corrected chi connectivity index (χ0v) is 30.8. The molecule has 1 saturated heterocycles. The Balaban J connectivity index is 0.000000304. The molecule has 0 unspecified atom stereocenters. The Morgan fingerprint density at radius 1 is 0.841 bits per heavy atom. The molecule has 0 aromatic heterocycles. The van der Waals surface area contributed by atoms with E-state index in [1.807, 2.05) is 13.8 Å². The van der Waals surface area contributed by atoms with E-state index in [-0.39, 0.29) is 18.4 Å². The third kappa shape index (κ3) is 9.53. The van der Waals surface area contributed by atoms with E-state index in [0.717, 1.165) is 17.4 Å². The summed E-state index contributed by atoms with van der Waals surface area (Å²) in [5.74, 6) is 0.581. The molecule has 246 valence electrons. The summed E-state index contributed by atoms with van der Waals surface area (Å²) in [5, 5.41) is 0. The molecule has 0 aliphatic carbocycles. The molecule has 0 atom stereocenters. The normalized spacial score (nSPS) is 13.5. The second kappa shape index (κ2) is 16.0. The molecular formula is C34H48Cl2N3O3RuS-. The van der Waals surface area contributed by atoms with Gasteiger partial charge in [0.2, 0.25) is 0 Å². The number of aryl methyl sites for hydroxylation is 6. The van der Waals surface area contributed by atoms with Crippen molar-refractivity contribution >= 4 is 45.4 Å². The van der Waals surface area contributed by atoms with Gasteiger partial charge in [0.25, 0.3) is 0 Å². The molecule has 1 fully saturated rings. The number of halogens is 2. The monoisotopic (exact) mass is 750 g/mol. The van der Waals surface area contributed by atoms with Crippen LogP contribution in [0, 0.1) is 48.2 Å². The largest absolute Gasteiger partial charge is 0.502 e. The number of benzene rings is 3. The van der Waals surface area contributed by atoms with Crippen molar-refractivity contribution in [3.63, 3.8) is 0 Å². The molecule has 4 rings (SSSR count). The van der Waals surface area contributed by atoms with Crippen molar-refractivity contribution in [3.05, 3.63) is 88.1 Å². The zero-order chi connectivity index (χ0) is 32.2. The number of anilines is 2. The first-order valence-corrected chi connectivity index (χ1v) is 21.0. The van der Waals surface area contributed by atoms with Crippen LogP contribution in [0.1, 0.15) is 60.2 Å². The van der Waals surface area contributed by atoms with Crippen LogP contribution in [0.2, 0.25) is 0 Å². The second-order valence-electron chi connectivity index (χ2n) is 11.5. The van der Waals surface area contributed by atoms with Crippen LogP contribution in [0.15, 0.2) is 47.4 Å². The van der Waals surface area contributed by atoms with Crippen molar-refractivity contribution in [1.29, 1.82) is 0 Å². The van der Waals surface area contributed by atoms with Crippen LogP contribution < -0.4 is 14.5 Å². The SMILES string of the molecule is C.CC(C)Oc1ccc(S(=O)(=O)N(C)C)cc1[CH]=[Ru]([Cl])[Cl].Cc1cc(C)c(N2[CH-]N(c3c(C)cc(C)cc3C)CC2)c(C)c1. The van der Waals surface area contributed by atoms with Gasteiger partial charge in [-0.1, -0.05) is 42.8 Å². The van der Waals surface area contributed by atoms with Gasteiger partial charge in [-0.3, -0.25) is 0 Å². The molecule has 3 aromatic carbocycles. The van der Waals surface area contributed by atoms with Crippen LogP contribution >= 0.6 is 19.4 Å². The molecule has 0 bridgehead atoms. The maximum atomic E-state index is 12.1. The van der Waals surface area contributed by atoms with Crippen molar-refractivity contribution in [3.8, 4) is 5.75 Å². The van der Waals surface area contributed by atoms with E-state index in [0.29, 0.717) is 11.3 Å². The summed E-state index contributed by atoms with van der Waals surface area (Å²) < 4.78 is 32.7. The Morgan fingerprint density at radius 3 is 1.64 bits per heavy atom. The van der Waals surface area contributed by atoms with E-state index < -0.39 is 23.5 Å². The molecule has 0 spiro atoms. The van der Waals surface area contributed by atoms with Gasteiger partial charge in [-0.2, -0.15) is 6.67 Å². The first-order chi connectivity index (χ1) is 20.0. The fourth-order valence-electron chi connectivity index (χ4n) is 5.51. The van der Waals surface area contributed by atoms with Crippen LogP contribution in [0.25, 0.3) is 0 Å². The average Bonchev–Trinajstić information content (AvgIpc) is 3.32. The predicted molar refractivity (Wildman–Crippen MR) is 187 cm³/mol. The number of hydrogen-bond acceptors (Lipinski definition) is 5. The maximum absolute atomic E-state index is 12.1. The van der Waals surface area contributed by atoms with Gasteiger partial charge >= 0.3 is 133 Å². The van der Waals surface area contributed by atoms with Crippen molar-refractivity contribution in [2.45, 2.75) is 73.8 Å². The van der Waals surface area contributed by atoms with Crippen molar-refractivity contribution in [2.24, 2.45) is 0 Å². The molecule has 1 heterocycles. The third-order valence-electron chi connectivity index (χ3n) is 7.02. The molecule has 0 amide bonds. The van der Waals surface area contributed by atoms with Crippen molar-refractivity contribution < 1.29 is 26.7 Å². The van der Waals surface area contributed by atoms with E-state index in [4.69, 9.17) is 24.1 Å². The quantitative estimate of drug-likeness (QED) is 0.179. The second-order valence-corrected chi connectivity index (χ2v) is 19.3. The first-order valence-electron chi connectivity index (χ1n) is 14.1. The Morgan fingerprint density at radius 2 is 1.27 bits per heavy atom. The smallest absolute Gasteiger partial charge is 0.0146 e. The predicted octanol–water partition coefficient (Wildman–Crippen LogP) is 8.42. The summed E-state index contributed by atoms with van der Waals surface area (Å²) in [6, 6.07) is 13.8. The van der Waals surface area contributed by atoms with Gasteiger partial charge in [0.05, 0.1) is 0 Å². The summed E-state index contributed by atoms with van der Waals surface area (Å²) in [6.07, 6.45) is -0.0234. The van der Waals surface area contributed by atoms with Gasteiger partial charge < -0.3 is 9.80 Å². The average molecular weight is 751 g/mol. The number of nitrogens with zero attached hydrogens (tertiary/aromatic N) is 3. The summed E-state index contributed by atoms with van der Waals surface area (Å²) >= 11 is -2.08. The Bertz CT molecular complexity index is 1490. The minimum atomic E-state index is -3.49. The van der Waals surface area contributed by atoms with E-state index in [2.05, 4.69) is 82.3 Å². The molecule has 1 aliphatic rings. The minimum Gasteiger partial charge on any atom is -0.502 e. The Kier molecular flexibility index (Phi) is 13.9. The van der Waals surface area contributed by atoms with Crippen LogP contribution in [0.4, 0.5) is 11.4 Å². The Labute approximate surface area is 279 Å². The molecule has 44 heavy (non-hydrogen) atoms. The van der Waals surface area contributed by atoms with Gasteiger partial charge in [-0.15, -0.1) is 0 Å². The van der Waals surface area contributed by atoms with Crippen LogP contribution in [-0.4, -0.2) is 50.6 Å². The first kappa shape index (κ1) is 38.2. The number of rotatable bonds is 7. The molecule has 1 aliphatic heterocycles. The zero-order valence-electron chi connectivity index (χ0n) is 26.8. The van der Waals surface area contributed by atoms with Crippen molar-refractivity contribution in [2.75, 3.05) is 37.0 Å². The fraction of sp³-hybridized carbons (Fsp3) is 0.412. The third-order valence-corrected chi connectivity index (χ3v) is 10.7. The van der Waals surface area contributed by atoms with Gasteiger partial charge in [0.15, 0.2) is 0 Å². The topological polar surface area (TPSA) is 53.1 Å². The molecular weight excluding hydrogens is 702 g/mol. The summed E-state index contributed by atoms with van der Waals surface area (Å²) in [4.78, 5) is 5.00. The standard InChI is InChI=1S/C21H27N2.C12H17NO3S.CH4.2ClH.Ru/c1-14-9-16(3)20(17(4)10-14)22-7-8-23(13-22)21-18(5)11-15(2)12-19(21)6;1-9(2)16-12-7-6-11(8-10(12)3)17(14,15)13(4)5;;;;/h9-13H,7-8H2,1-6H3;3,6-9H,1-2,4-5H3;1H4;2*1H;/q-1;;;;;+2/p-2. The molecule has 0 N–H and O–H groups in total. The molecule has 0 radical (unpaired) electrons. The van der Waals surface area contributed by atoms with Gasteiger partial charge in [0, 0.05) is 24.5 Å². The van der Waals surface area contributed by atoms with Crippen LogP contribution in [0.3, 0.4) is 0 Å². The Hall–Kier alpha value is -1.96. The molecule has 6 nitrogen and oxygen atoms in total. The van der Waals surface area contributed by atoms with Crippen LogP contribution in [-0.2, 0) is 23.5 Å². The summed E-state index contributed by atoms with van der Waals surface area (Å²) in [6.45, 7) is 21.4. The van der Waals surface area contributed by atoms with E-state index in [1.54, 1.807) is 16.7 Å². The van der Waals surface area contributed by atoms with E-state index in [1.165, 1.54) is 64.9 Å². The van der Waals surface area contributed by atoms with Crippen molar-refractivity contribution in [1.82, 2.24) is 4.31 Å².